The Bertz CT molecular complexity index is 406. The molecule has 0 aromatic heterocycles. The van der Waals surface area contributed by atoms with Crippen molar-refractivity contribution in [1.82, 2.24) is 0 Å². The van der Waals surface area contributed by atoms with Gasteiger partial charge in [0.25, 0.3) is 0 Å². The number of ether oxygens (including phenoxy) is 1. The molecule has 1 rings (SSSR count). The summed E-state index contributed by atoms with van der Waals surface area (Å²) in [5.74, 6) is 1.46. The van der Waals surface area contributed by atoms with Gasteiger partial charge in [0.15, 0.2) is 0 Å². The average Bonchev–Trinajstić information content (AvgIpc) is 2.34. The lowest BCUT2D eigenvalue weighted by molar-refractivity contribution is 0.245. The predicted molar refractivity (Wildman–Crippen MR) is 82.8 cm³/mol. The molecule has 108 valence electrons. The molecule has 0 saturated carbocycles. The Balaban J connectivity index is 2.84. The summed E-state index contributed by atoms with van der Waals surface area (Å²) in [5.41, 5.74) is 8.75. The van der Waals surface area contributed by atoms with Crippen LogP contribution in [-0.2, 0) is 5.41 Å². The van der Waals surface area contributed by atoms with Crippen LogP contribution in [0.25, 0.3) is 0 Å². The van der Waals surface area contributed by atoms with Gasteiger partial charge in [-0.15, -0.1) is 0 Å². The van der Waals surface area contributed by atoms with Gasteiger partial charge in [0.05, 0.1) is 0 Å². The Morgan fingerprint density at radius 3 is 2.42 bits per heavy atom. The first-order valence-corrected chi connectivity index (χ1v) is 7.25. The number of rotatable bonds is 5. The van der Waals surface area contributed by atoms with Gasteiger partial charge in [-0.25, -0.2) is 0 Å². The maximum atomic E-state index is 6.14. The summed E-state index contributed by atoms with van der Waals surface area (Å²) in [5, 5.41) is 0. The van der Waals surface area contributed by atoms with E-state index in [0.29, 0.717) is 12.5 Å². The quantitative estimate of drug-likeness (QED) is 0.870. The van der Waals surface area contributed by atoms with E-state index in [1.165, 1.54) is 11.1 Å². The van der Waals surface area contributed by atoms with Gasteiger partial charge in [-0.1, -0.05) is 58.7 Å². The molecule has 0 aliphatic rings. The number of hydrogen-bond acceptors (Lipinski definition) is 2. The van der Waals surface area contributed by atoms with E-state index in [1.54, 1.807) is 0 Å². The minimum Gasteiger partial charge on any atom is -0.492 e. The van der Waals surface area contributed by atoms with Crippen LogP contribution in [0.3, 0.4) is 0 Å². The molecule has 0 spiro atoms. The van der Waals surface area contributed by atoms with Crippen LogP contribution in [0, 0.1) is 12.8 Å². The molecule has 0 amide bonds. The SMILES string of the molecule is CCC(C)C(N)COc1ccc(C)cc1C(C)(C)C. The highest BCUT2D eigenvalue weighted by Gasteiger charge is 2.20. The summed E-state index contributed by atoms with van der Waals surface area (Å²) in [6.45, 7) is 13.7. The highest BCUT2D eigenvalue weighted by atomic mass is 16.5. The van der Waals surface area contributed by atoms with Crippen LogP contribution in [0.5, 0.6) is 5.75 Å². The summed E-state index contributed by atoms with van der Waals surface area (Å²) in [7, 11) is 0. The maximum absolute atomic E-state index is 6.14. The van der Waals surface area contributed by atoms with Crippen molar-refractivity contribution in [3.63, 3.8) is 0 Å². The second-order valence-corrected chi connectivity index (χ2v) is 6.61. The monoisotopic (exact) mass is 263 g/mol. The summed E-state index contributed by atoms with van der Waals surface area (Å²) >= 11 is 0. The molecule has 1 aromatic carbocycles. The van der Waals surface area contributed by atoms with Crippen molar-refractivity contribution in [2.24, 2.45) is 11.7 Å². The van der Waals surface area contributed by atoms with Gasteiger partial charge in [-0.3, -0.25) is 0 Å². The Labute approximate surface area is 118 Å². The first kappa shape index (κ1) is 16.0. The van der Waals surface area contributed by atoms with Gasteiger partial charge in [0.1, 0.15) is 12.4 Å². The van der Waals surface area contributed by atoms with Crippen LogP contribution in [0.2, 0.25) is 0 Å². The normalized spacial score (nSPS) is 15.1. The van der Waals surface area contributed by atoms with Gasteiger partial charge in [-0.2, -0.15) is 0 Å². The number of benzene rings is 1. The molecule has 0 saturated heterocycles. The summed E-state index contributed by atoms with van der Waals surface area (Å²) < 4.78 is 5.98. The first-order chi connectivity index (χ1) is 8.75. The lowest BCUT2D eigenvalue weighted by Crippen LogP contribution is -2.34. The summed E-state index contributed by atoms with van der Waals surface area (Å²) in [4.78, 5) is 0. The molecule has 0 heterocycles. The molecule has 0 radical (unpaired) electrons. The van der Waals surface area contributed by atoms with Crippen molar-refractivity contribution < 1.29 is 4.74 Å². The summed E-state index contributed by atoms with van der Waals surface area (Å²) in [6.07, 6.45) is 1.09. The topological polar surface area (TPSA) is 35.2 Å². The number of aryl methyl sites for hydroxylation is 1. The van der Waals surface area contributed by atoms with Gasteiger partial charge in [0.2, 0.25) is 0 Å². The van der Waals surface area contributed by atoms with Crippen molar-refractivity contribution in [1.29, 1.82) is 0 Å². The summed E-state index contributed by atoms with van der Waals surface area (Å²) in [6, 6.07) is 6.47. The van der Waals surface area contributed by atoms with Crippen molar-refractivity contribution in [3.05, 3.63) is 29.3 Å². The molecule has 0 aliphatic heterocycles. The molecule has 2 nitrogen and oxygen atoms in total. The van der Waals surface area contributed by atoms with Crippen LogP contribution < -0.4 is 10.5 Å². The van der Waals surface area contributed by atoms with E-state index in [4.69, 9.17) is 10.5 Å². The molecule has 0 bridgehead atoms. The molecular weight excluding hydrogens is 234 g/mol. The largest absolute Gasteiger partial charge is 0.492 e. The minimum atomic E-state index is 0.0851. The lowest BCUT2D eigenvalue weighted by atomic mass is 9.85. The van der Waals surface area contributed by atoms with Gasteiger partial charge >= 0.3 is 0 Å². The van der Waals surface area contributed by atoms with Crippen LogP contribution in [-0.4, -0.2) is 12.6 Å². The molecular formula is C17H29NO. The Kier molecular flexibility index (Phi) is 5.42. The molecule has 2 heteroatoms. The van der Waals surface area contributed by atoms with E-state index in [0.717, 1.165) is 12.2 Å². The van der Waals surface area contributed by atoms with Crippen LogP contribution in [0.4, 0.5) is 0 Å². The standard InChI is InChI=1S/C17H29NO/c1-7-13(3)15(18)11-19-16-9-8-12(2)10-14(16)17(4,5)6/h8-10,13,15H,7,11,18H2,1-6H3. The highest BCUT2D eigenvalue weighted by molar-refractivity contribution is 5.41. The zero-order chi connectivity index (χ0) is 14.6. The van der Waals surface area contributed by atoms with Crippen molar-refractivity contribution in [3.8, 4) is 5.75 Å². The number of nitrogens with two attached hydrogens (primary N) is 1. The molecule has 1 aromatic rings. The maximum Gasteiger partial charge on any atom is 0.123 e. The molecule has 2 unspecified atom stereocenters. The smallest absolute Gasteiger partial charge is 0.123 e. The van der Waals surface area contributed by atoms with Crippen molar-refractivity contribution in [2.75, 3.05) is 6.61 Å². The van der Waals surface area contributed by atoms with E-state index < -0.39 is 0 Å². The van der Waals surface area contributed by atoms with E-state index in [9.17, 15) is 0 Å². The Hall–Kier alpha value is -1.02. The van der Waals surface area contributed by atoms with E-state index >= 15 is 0 Å². The zero-order valence-corrected chi connectivity index (χ0v) is 13.3. The van der Waals surface area contributed by atoms with Crippen LogP contribution >= 0.6 is 0 Å². The fourth-order valence-corrected chi connectivity index (χ4v) is 2.01. The van der Waals surface area contributed by atoms with E-state index in [2.05, 4.69) is 59.7 Å². The molecule has 0 fully saturated rings. The minimum absolute atomic E-state index is 0.0851. The van der Waals surface area contributed by atoms with Gasteiger partial charge in [-0.05, 0) is 29.9 Å². The number of hydrogen-bond donors (Lipinski definition) is 1. The molecule has 19 heavy (non-hydrogen) atoms. The second kappa shape index (κ2) is 6.42. The second-order valence-electron chi connectivity index (χ2n) is 6.61. The highest BCUT2D eigenvalue weighted by Crippen LogP contribution is 2.32. The zero-order valence-electron chi connectivity index (χ0n) is 13.3. The van der Waals surface area contributed by atoms with Crippen molar-refractivity contribution >= 4 is 0 Å². The van der Waals surface area contributed by atoms with Crippen molar-refractivity contribution in [2.45, 2.75) is 59.4 Å². The Morgan fingerprint density at radius 1 is 1.26 bits per heavy atom. The third kappa shape index (κ3) is 4.54. The third-order valence-electron chi connectivity index (χ3n) is 3.75. The first-order valence-electron chi connectivity index (χ1n) is 7.25. The fraction of sp³-hybridized carbons (Fsp3) is 0.647. The predicted octanol–water partition coefficient (Wildman–Crippen LogP) is 4.04. The Morgan fingerprint density at radius 2 is 1.89 bits per heavy atom. The molecule has 0 aliphatic carbocycles. The van der Waals surface area contributed by atoms with Crippen LogP contribution in [0.15, 0.2) is 18.2 Å². The van der Waals surface area contributed by atoms with E-state index in [1.807, 2.05) is 0 Å². The van der Waals surface area contributed by atoms with E-state index in [-0.39, 0.29) is 11.5 Å². The lowest BCUT2D eigenvalue weighted by Gasteiger charge is -2.25. The van der Waals surface area contributed by atoms with Gasteiger partial charge < -0.3 is 10.5 Å². The van der Waals surface area contributed by atoms with Crippen LogP contribution in [0.1, 0.15) is 52.2 Å². The average molecular weight is 263 g/mol. The van der Waals surface area contributed by atoms with Gasteiger partial charge in [0, 0.05) is 6.04 Å². The molecule has 2 atom stereocenters. The fourth-order valence-electron chi connectivity index (χ4n) is 2.01. The molecule has 2 N–H and O–H groups in total. The third-order valence-corrected chi connectivity index (χ3v) is 3.75.